The van der Waals surface area contributed by atoms with E-state index in [4.69, 9.17) is 14.2 Å². The molecule has 0 aliphatic rings. The minimum atomic E-state index is -0.605. The van der Waals surface area contributed by atoms with Crippen LogP contribution in [-0.4, -0.2) is 38.7 Å². The van der Waals surface area contributed by atoms with Gasteiger partial charge in [0.15, 0.2) is 13.2 Å². The van der Waals surface area contributed by atoms with Gasteiger partial charge in [0.25, 0.3) is 5.91 Å². The predicted octanol–water partition coefficient (Wildman–Crippen LogP) is 2.54. The standard InChI is InChI=1S/C20H23NO5/c1-15(16-6-4-3-5-7-16)12-21-19(22)13-26-20(23)14-25-18-10-8-17(24-2)9-11-18/h3-11,15H,12-14H2,1-2H3,(H,21,22)/t15-/m1/s1. The number of esters is 1. The van der Waals surface area contributed by atoms with E-state index >= 15 is 0 Å². The molecule has 0 bridgehead atoms. The van der Waals surface area contributed by atoms with E-state index in [-0.39, 0.29) is 25.0 Å². The van der Waals surface area contributed by atoms with Crippen LogP contribution in [0, 0.1) is 0 Å². The molecule has 1 amide bonds. The van der Waals surface area contributed by atoms with Crippen molar-refractivity contribution in [3.05, 3.63) is 60.2 Å². The van der Waals surface area contributed by atoms with Gasteiger partial charge >= 0.3 is 5.97 Å². The molecule has 0 saturated heterocycles. The zero-order valence-corrected chi connectivity index (χ0v) is 14.9. The minimum absolute atomic E-state index is 0.175. The monoisotopic (exact) mass is 357 g/mol. The lowest BCUT2D eigenvalue weighted by atomic mass is 10.0. The van der Waals surface area contributed by atoms with Gasteiger partial charge in [-0.3, -0.25) is 4.79 Å². The lowest BCUT2D eigenvalue weighted by Gasteiger charge is -2.13. The summed E-state index contributed by atoms with van der Waals surface area (Å²) in [4.78, 5) is 23.4. The van der Waals surface area contributed by atoms with E-state index < -0.39 is 5.97 Å². The molecule has 2 aromatic rings. The second-order valence-electron chi connectivity index (χ2n) is 5.74. The fourth-order valence-corrected chi connectivity index (χ4v) is 2.22. The van der Waals surface area contributed by atoms with Crippen LogP contribution < -0.4 is 14.8 Å². The van der Waals surface area contributed by atoms with Crippen molar-refractivity contribution in [2.24, 2.45) is 0 Å². The first-order chi connectivity index (χ1) is 12.6. The molecule has 2 rings (SSSR count). The molecule has 6 heteroatoms. The van der Waals surface area contributed by atoms with Gasteiger partial charge in [0.1, 0.15) is 11.5 Å². The smallest absolute Gasteiger partial charge is 0.344 e. The van der Waals surface area contributed by atoms with Gasteiger partial charge in [-0.05, 0) is 35.7 Å². The molecule has 0 aliphatic carbocycles. The van der Waals surface area contributed by atoms with Gasteiger partial charge in [-0.25, -0.2) is 4.79 Å². The summed E-state index contributed by atoms with van der Waals surface area (Å²) in [7, 11) is 1.57. The van der Waals surface area contributed by atoms with E-state index in [9.17, 15) is 9.59 Å². The Kier molecular flexibility index (Phi) is 7.49. The number of carbonyl (C=O) groups is 2. The zero-order chi connectivity index (χ0) is 18.8. The number of rotatable bonds is 9. The van der Waals surface area contributed by atoms with E-state index in [1.54, 1.807) is 31.4 Å². The maximum atomic E-state index is 11.8. The van der Waals surface area contributed by atoms with E-state index in [2.05, 4.69) is 5.32 Å². The Morgan fingerprint density at radius 3 is 2.27 bits per heavy atom. The van der Waals surface area contributed by atoms with Crippen molar-refractivity contribution >= 4 is 11.9 Å². The fourth-order valence-electron chi connectivity index (χ4n) is 2.22. The normalized spacial score (nSPS) is 11.3. The van der Waals surface area contributed by atoms with Crippen LogP contribution in [0.3, 0.4) is 0 Å². The first-order valence-corrected chi connectivity index (χ1v) is 8.32. The topological polar surface area (TPSA) is 73.9 Å². The van der Waals surface area contributed by atoms with Gasteiger partial charge in [-0.1, -0.05) is 37.3 Å². The molecular formula is C20H23NO5. The third-order valence-electron chi connectivity index (χ3n) is 3.75. The number of ether oxygens (including phenoxy) is 3. The quantitative estimate of drug-likeness (QED) is 0.698. The van der Waals surface area contributed by atoms with Crippen molar-refractivity contribution in [3.63, 3.8) is 0 Å². The van der Waals surface area contributed by atoms with Crippen LogP contribution in [0.5, 0.6) is 11.5 Å². The number of carbonyl (C=O) groups excluding carboxylic acids is 2. The molecule has 0 aliphatic heterocycles. The molecule has 2 aromatic carbocycles. The highest BCUT2D eigenvalue weighted by molar-refractivity contribution is 5.80. The Labute approximate surface area is 153 Å². The molecule has 0 unspecified atom stereocenters. The average Bonchev–Trinajstić information content (AvgIpc) is 2.69. The van der Waals surface area contributed by atoms with Crippen LogP contribution >= 0.6 is 0 Å². The molecule has 1 atom stereocenters. The van der Waals surface area contributed by atoms with Gasteiger partial charge in [-0.15, -0.1) is 0 Å². The highest BCUT2D eigenvalue weighted by Gasteiger charge is 2.11. The van der Waals surface area contributed by atoms with Crippen LogP contribution in [0.2, 0.25) is 0 Å². The second-order valence-corrected chi connectivity index (χ2v) is 5.74. The molecule has 26 heavy (non-hydrogen) atoms. The van der Waals surface area contributed by atoms with E-state index in [1.165, 1.54) is 0 Å². The van der Waals surface area contributed by atoms with Gasteiger partial charge in [0, 0.05) is 6.54 Å². The minimum Gasteiger partial charge on any atom is -0.497 e. The Bertz CT molecular complexity index is 700. The van der Waals surface area contributed by atoms with Crippen LogP contribution in [-0.2, 0) is 14.3 Å². The van der Waals surface area contributed by atoms with Gasteiger partial charge in [-0.2, -0.15) is 0 Å². The first kappa shape index (κ1) is 19.3. The van der Waals surface area contributed by atoms with Crippen molar-refractivity contribution in [1.29, 1.82) is 0 Å². The largest absolute Gasteiger partial charge is 0.497 e. The van der Waals surface area contributed by atoms with Gasteiger partial charge in [0.05, 0.1) is 7.11 Å². The summed E-state index contributed by atoms with van der Waals surface area (Å²) >= 11 is 0. The highest BCUT2D eigenvalue weighted by Crippen LogP contribution is 2.17. The number of amides is 1. The van der Waals surface area contributed by atoms with Gasteiger partial charge in [0.2, 0.25) is 0 Å². The molecule has 0 aromatic heterocycles. The summed E-state index contributed by atoms with van der Waals surface area (Å²) in [6.07, 6.45) is 0. The zero-order valence-electron chi connectivity index (χ0n) is 14.9. The Balaban J connectivity index is 1.64. The number of hydrogen-bond donors (Lipinski definition) is 1. The first-order valence-electron chi connectivity index (χ1n) is 8.32. The van der Waals surface area contributed by atoms with E-state index in [1.807, 2.05) is 37.3 Å². The lowest BCUT2D eigenvalue weighted by Crippen LogP contribution is -2.32. The molecule has 0 fully saturated rings. The van der Waals surface area contributed by atoms with Crippen LogP contribution in [0.4, 0.5) is 0 Å². The van der Waals surface area contributed by atoms with Crippen molar-refractivity contribution in [1.82, 2.24) is 5.32 Å². The van der Waals surface area contributed by atoms with E-state index in [0.717, 1.165) is 5.56 Å². The fraction of sp³-hybridized carbons (Fsp3) is 0.300. The van der Waals surface area contributed by atoms with E-state index in [0.29, 0.717) is 18.0 Å². The molecular weight excluding hydrogens is 334 g/mol. The maximum absolute atomic E-state index is 11.8. The molecule has 138 valence electrons. The number of benzene rings is 2. The maximum Gasteiger partial charge on any atom is 0.344 e. The highest BCUT2D eigenvalue weighted by atomic mass is 16.6. The van der Waals surface area contributed by atoms with Crippen LogP contribution in [0.1, 0.15) is 18.4 Å². The molecule has 0 spiro atoms. The number of nitrogens with one attached hydrogen (secondary N) is 1. The summed E-state index contributed by atoms with van der Waals surface area (Å²) in [6, 6.07) is 16.7. The molecule has 0 radical (unpaired) electrons. The van der Waals surface area contributed by atoms with Crippen molar-refractivity contribution in [3.8, 4) is 11.5 Å². The Morgan fingerprint density at radius 2 is 1.62 bits per heavy atom. The molecule has 0 saturated carbocycles. The van der Waals surface area contributed by atoms with Gasteiger partial charge < -0.3 is 19.5 Å². The SMILES string of the molecule is COc1ccc(OCC(=O)OCC(=O)NC[C@@H](C)c2ccccc2)cc1. The third-order valence-corrected chi connectivity index (χ3v) is 3.75. The average molecular weight is 357 g/mol. The summed E-state index contributed by atoms with van der Waals surface area (Å²) in [6.45, 7) is 1.90. The Hall–Kier alpha value is -3.02. The summed E-state index contributed by atoms with van der Waals surface area (Å²) in [5.41, 5.74) is 1.14. The number of methoxy groups -OCH3 is 1. The van der Waals surface area contributed by atoms with Crippen LogP contribution in [0.15, 0.2) is 54.6 Å². The molecule has 6 nitrogen and oxygen atoms in total. The second kappa shape index (κ2) is 10.1. The summed E-state index contributed by atoms with van der Waals surface area (Å²) < 4.78 is 15.2. The number of hydrogen-bond acceptors (Lipinski definition) is 5. The summed E-state index contributed by atoms with van der Waals surface area (Å²) in [5, 5.41) is 2.75. The lowest BCUT2D eigenvalue weighted by molar-refractivity contribution is -0.150. The van der Waals surface area contributed by atoms with Crippen molar-refractivity contribution in [2.75, 3.05) is 26.9 Å². The third kappa shape index (κ3) is 6.47. The van der Waals surface area contributed by atoms with Crippen LogP contribution in [0.25, 0.3) is 0 Å². The Morgan fingerprint density at radius 1 is 0.962 bits per heavy atom. The predicted molar refractivity (Wildman–Crippen MR) is 97.3 cm³/mol. The molecule has 1 N–H and O–H groups in total. The summed E-state index contributed by atoms with van der Waals surface area (Å²) in [5.74, 6) is 0.442. The molecule has 0 heterocycles. The van der Waals surface area contributed by atoms with Crippen molar-refractivity contribution in [2.45, 2.75) is 12.8 Å². The van der Waals surface area contributed by atoms with Crippen molar-refractivity contribution < 1.29 is 23.8 Å².